The summed E-state index contributed by atoms with van der Waals surface area (Å²) in [6.45, 7) is 5.72. The van der Waals surface area contributed by atoms with Gasteiger partial charge in [-0.25, -0.2) is 9.78 Å². The maximum Gasteiger partial charge on any atom is 0.411 e. The molecule has 0 aliphatic carbocycles. The molecule has 1 amide bonds. The number of rotatable bonds is 2. The highest BCUT2D eigenvalue weighted by molar-refractivity contribution is 9.10. The minimum atomic E-state index is -0.584. The minimum absolute atomic E-state index is 0.244. The fourth-order valence-electron chi connectivity index (χ4n) is 2.88. The number of carbonyl (C=O) groups excluding carboxylic acids is 1. The van der Waals surface area contributed by atoms with Crippen LogP contribution in [0.25, 0.3) is 11.3 Å². The molecular formula is C18H22BrN3O3. The summed E-state index contributed by atoms with van der Waals surface area (Å²) in [7, 11) is 0. The van der Waals surface area contributed by atoms with E-state index in [2.05, 4.69) is 25.9 Å². The average Bonchev–Trinajstić information content (AvgIpc) is 3.12. The third-order valence-corrected chi connectivity index (χ3v) is 4.50. The van der Waals surface area contributed by atoms with Crippen LogP contribution in [0, 0.1) is 0 Å². The Morgan fingerprint density at radius 1 is 1.36 bits per heavy atom. The Balaban J connectivity index is 1.82. The van der Waals surface area contributed by atoms with Gasteiger partial charge in [0.2, 0.25) is 0 Å². The van der Waals surface area contributed by atoms with Gasteiger partial charge in [0, 0.05) is 10.9 Å². The fourth-order valence-corrected chi connectivity index (χ4v) is 3.14. The van der Waals surface area contributed by atoms with Gasteiger partial charge in [0.1, 0.15) is 11.4 Å². The number of H-pyrrole nitrogens is 1. The molecule has 6 nitrogen and oxygen atoms in total. The zero-order valence-corrected chi connectivity index (χ0v) is 16.1. The van der Waals surface area contributed by atoms with Gasteiger partial charge in [-0.3, -0.25) is 4.90 Å². The first-order valence-corrected chi connectivity index (χ1v) is 9.01. The van der Waals surface area contributed by atoms with E-state index in [1.807, 2.05) is 45.0 Å². The van der Waals surface area contributed by atoms with Crippen molar-refractivity contribution in [3.8, 4) is 11.3 Å². The normalized spacial score (nSPS) is 20.8. The Hall–Kier alpha value is -1.86. The monoisotopic (exact) mass is 407 g/mol. The molecule has 1 fully saturated rings. The third-order valence-electron chi connectivity index (χ3n) is 3.97. The lowest BCUT2D eigenvalue weighted by Gasteiger charge is -2.27. The SMILES string of the molecule is CC(C)(C)OC(=O)N1C[C@@H](O)C[C@H]1c1ncc(-c2ccc(Br)cc2)[nH]1. The molecule has 1 aliphatic heterocycles. The standard InChI is InChI=1S/C18H22BrN3O3/c1-18(2,3)25-17(24)22-10-13(23)8-15(22)16-20-9-14(21-16)11-4-6-12(19)7-5-11/h4-7,9,13,15,23H,8,10H2,1-3H3,(H,20,21)/t13-,15-/m0/s1. The number of halogens is 1. The molecule has 1 saturated heterocycles. The number of hydrogen-bond acceptors (Lipinski definition) is 4. The van der Waals surface area contributed by atoms with Crippen molar-refractivity contribution >= 4 is 22.0 Å². The van der Waals surface area contributed by atoms with Crippen molar-refractivity contribution in [1.29, 1.82) is 0 Å². The molecule has 7 heteroatoms. The number of aliphatic hydroxyl groups is 1. The van der Waals surface area contributed by atoms with Crippen LogP contribution in [0.15, 0.2) is 34.9 Å². The highest BCUT2D eigenvalue weighted by atomic mass is 79.9. The van der Waals surface area contributed by atoms with Gasteiger partial charge in [0.15, 0.2) is 0 Å². The molecule has 0 spiro atoms. The van der Waals surface area contributed by atoms with Gasteiger partial charge < -0.3 is 14.8 Å². The first-order chi connectivity index (χ1) is 11.7. The number of imidazole rings is 1. The maximum atomic E-state index is 12.5. The second-order valence-electron chi connectivity index (χ2n) is 7.23. The lowest BCUT2D eigenvalue weighted by molar-refractivity contribution is 0.0201. The zero-order valence-electron chi connectivity index (χ0n) is 14.5. The van der Waals surface area contributed by atoms with Crippen LogP contribution in [-0.2, 0) is 4.74 Å². The molecule has 1 aromatic heterocycles. The Kier molecular flexibility index (Phi) is 4.88. The quantitative estimate of drug-likeness (QED) is 0.791. The van der Waals surface area contributed by atoms with Crippen molar-refractivity contribution in [3.63, 3.8) is 0 Å². The van der Waals surface area contributed by atoms with Gasteiger partial charge in [-0.1, -0.05) is 28.1 Å². The largest absolute Gasteiger partial charge is 0.444 e. The number of hydrogen-bond donors (Lipinski definition) is 2. The van der Waals surface area contributed by atoms with Gasteiger partial charge in [0.25, 0.3) is 0 Å². The second kappa shape index (κ2) is 6.80. The molecule has 0 unspecified atom stereocenters. The molecule has 0 bridgehead atoms. The first kappa shape index (κ1) is 17.9. The Bertz CT molecular complexity index is 752. The number of carbonyl (C=O) groups is 1. The zero-order chi connectivity index (χ0) is 18.2. The van der Waals surface area contributed by atoms with Crippen LogP contribution < -0.4 is 0 Å². The molecule has 1 aromatic carbocycles. The molecule has 2 heterocycles. The van der Waals surface area contributed by atoms with Gasteiger partial charge in [-0.05, 0) is 38.5 Å². The van der Waals surface area contributed by atoms with Crippen molar-refractivity contribution in [1.82, 2.24) is 14.9 Å². The fraction of sp³-hybridized carbons (Fsp3) is 0.444. The summed E-state index contributed by atoms with van der Waals surface area (Å²) in [6, 6.07) is 7.56. The molecule has 134 valence electrons. The molecule has 2 aromatic rings. The summed E-state index contributed by atoms with van der Waals surface area (Å²) in [5, 5.41) is 10.0. The van der Waals surface area contributed by atoms with Crippen molar-refractivity contribution in [2.75, 3.05) is 6.54 Å². The molecule has 2 N–H and O–H groups in total. The number of ether oxygens (including phenoxy) is 1. The van der Waals surface area contributed by atoms with E-state index in [9.17, 15) is 9.90 Å². The Morgan fingerprint density at radius 3 is 2.68 bits per heavy atom. The van der Waals surface area contributed by atoms with E-state index in [-0.39, 0.29) is 12.6 Å². The number of nitrogens with zero attached hydrogens (tertiary/aromatic N) is 2. The number of amides is 1. The van der Waals surface area contributed by atoms with Gasteiger partial charge >= 0.3 is 6.09 Å². The van der Waals surface area contributed by atoms with Crippen LogP contribution in [-0.4, -0.2) is 44.3 Å². The topological polar surface area (TPSA) is 78.4 Å². The molecule has 3 rings (SSSR count). The molecule has 2 atom stereocenters. The number of aliphatic hydroxyl groups excluding tert-OH is 1. The summed E-state index contributed by atoms with van der Waals surface area (Å²) in [4.78, 5) is 21.7. The number of β-amino-alcohol motifs (C(OH)–C–C–N with tert-alkyl or cyclic N) is 1. The summed E-state index contributed by atoms with van der Waals surface area (Å²) in [5.41, 5.74) is 1.29. The number of aromatic amines is 1. The van der Waals surface area contributed by atoms with E-state index >= 15 is 0 Å². The molecular weight excluding hydrogens is 386 g/mol. The predicted molar refractivity (Wildman–Crippen MR) is 98.0 cm³/mol. The van der Waals surface area contributed by atoms with Crippen molar-refractivity contribution in [2.45, 2.75) is 44.9 Å². The van der Waals surface area contributed by atoms with Gasteiger partial charge in [0.05, 0.1) is 30.6 Å². The van der Waals surface area contributed by atoms with Crippen molar-refractivity contribution < 1.29 is 14.6 Å². The van der Waals surface area contributed by atoms with Crippen LogP contribution in [0.5, 0.6) is 0 Å². The summed E-state index contributed by atoms with van der Waals surface area (Å²) in [5.74, 6) is 0.653. The summed E-state index contributed by atoms with van der Waals surface area (Å²) in [6.07, 6.45) is 1.16. The summed E-state index contributed by atoms with van der Waals surface area (Å²) < 4.78 is 6.46. The average molecular weight is 408 g/mol. The predicted octanol–water partition coefficient (Wildman–Crippen LogP) is 3.88. The Morgan fingerprint density at radius 2 is 2.04 bits per heavy atom. The van der Waals surface area contributed by atoms with Crippen LogP contribution >= 0.6 is 15.9 Å². The Labute approximate surface area is 155 Å². The number of likely N-dealkylation sites (tertiary alicyclic amines) is 1. The lowest BCUT2D eigenvalue weighted by atomic mass is 10.1. The van der Waals surface area contributed by atoms with E-state index in [0.29, 0.717) is 12.2 Å². The smallest absolute Gasteiger partial charge is 0.411 e. The van der Waals surface area contributed by atoms with Gasteiger partial charge in [-0.2, -0.15) is 0 Å². The minimum Gasteiger partial charge on any atom is -0.444 e. The third kappa shape index (κ3) is 4.22. The lowest BCUT2D eigenvalue weighted by Crippen LogP contribution is -2.37. The number of aromatic nitrogens is 2. The molecule has 1 aliphatic rings. The van der Waals surface area contributed by atoms with Crippen LogP contribution in [0.4, 0.5) is 4.79 Å². The van der Waals surface area contributed by atoms with E-state index in [1.54, 1.807) is 11.1 Å². The van der Waals surface area contributed by atoms with E-state index in [1.165, 1.54) is 0 Å². The summed E-state index contributed by atoms with van der Waals surface area (Å²) >= 11 is 3.42. The first-order valence-electron chi connectivity index (χ1n) is 8.21. The van der Waals surface area contributed by atoms with E-state index < -0.39 is 17.8 Å². The second-order valence-corrected chi connectivity index (χ2v) is 8.14. The van der Waals surface area contributed by atoms with Gasteiger partial charge in [-0.15, -0.1) is 0 Å². The molecule has 0 saturated carbocycles. The van der Waals surface area contributed by atoms with Crippen molar-refractivity contribution in [2.24, 2.45) is 0 Å². The van der Waals surface area contributed by atoms with E-state index in [4.69, 9.17) is 4.74 Å². The van der Waals surface area contributed by atoms with Crippen molar-refractivity contribution in [3.05, 3.63) is 40.8 Å². The highest BCUT2D eigenvalue weighted by Gasteiger charge is 2.39. The van der Waals surface area contributed by atoms with Crippen LogP contribution in [0.1, 0.15) is 39.1 Å². The van der Waals surface area contributed by atoms with Crippen LogP contribution in [0.3, 0.4) is 0 Å². The van der Waals surface area contributed by atoms with E-state index in [0.717, 1.165) is 15.7 Å². The molecule has 0 radical (unpaired) electrons. The maximum absolute atomic E-state index is 12.5. The highest BCUT2D eigenvalue weighted by Crippen LogP contribution is 2.33. The van der Waals surface area contributed by atoms with Crippen LogP contribution in [0.2, 0.25) is 0 Å². The number of nitrogens with one attached hydrogen (secondary N) is 1. The molecule has 25 heavy (non-hydrogen) atoms. The number of benzene rings is 1.